The third-order valence-electron chi connectivity index (χ3n) is 4.81. The summed E-state index contributed by atoms with van der Waals surface area (Å²) < 4.78 is 0. The summed E-state index contributed by atoms with van der Waals surface area (Å²) in [5, 5.41) is 4.41. The Hall–Kier alpha value is -2.11. The highest BCUT2D eigenvalue weighted by Crippen LogP contribution is 2.35. The third kappa shape index (κ3) is 3.41. The summed E-state index contributed by atoms with van der Waals surface area (Å²) in [6, 6.07) is 9.18. The molecule has 4 rings (SSSR count). The van der Waals surface area contributed by atoms with Crippen LogP contribution in [0.25, 0.3) is 10.2 Å². The topological polar surface area (TPSA) is 68.0 Å². The minimum Gasteiger partial charge on any atom is -0.397 e. The molecule has 0 spiro atoms. The normalized spacial score (nSPS) is 14.5. The number of rotatable bonds is 2. The molecular formula is C20H20ClN3OS. The Morgan fingerprint density at radius 2 is 1.85 bits per heavy atom. The average Bonchev–Trinajstić information content (AvgIpc) is 2.93. The number of aromatic nitrogens is 1. The Labute approximate surface area is 161 Å². The van der Waals surface area contributed by atoms with Crippen molar-refractivity contribution in [3.63, 3.8) is 0 Å². The largest absolute Gasteiger partial charge is 0.397 e. The number of nitrogen functional groups attached to an aromatic ring is 1. The Bertz CT molecular complexity index is 965. The summed E-state index contributed by atoms with van der Waals surface area (Å²) in [5.41, 5.74) is 9.98. The molecule has 2 aromatic heterocycles. The molecule has 6 heteroatoms. The van der Waals surface area contributed by atoms with Crippen LogP contribution >= 0.6 is 22.9 Å². The van der Waals surface area contributed by atoms with Crippen molar-refractivity contribution < 1.29 is 4.79 Å². The first-order valence-electron chi connectivity index (χ1n) is 8.89. The van der Waals surface area contributed by atoms with Crippen LogP contribution < -0.4 is 11.1 Å². The van der Waals surface area contributed by atoms with E-state index in [0.717, 1.165) is 23.1 Å². The van der Waals surface area contributed by atoms with E-state index in [1.807, 2.05) is 0 Å². The van der Waals surface area contributed by atoms with Crippen molar-refractivity contribution in [1.82, 2.24) is 4.98 Å². The molecule has 0 saturated heterocycles. The minimum atomic E-state index is -0.208. The summed E-state index contributed by atoms with van der Waals surface area (Å²) in [7, 11) is 0. The summed E-state index contributed by atoms with van der Waals surface area (Å²) in [6.45, 7) is 0. The van der Waals surface area contributed by atoms with Crippen LogP contribution in [-0.4, -0.2) is 10.9 Å². The molecule has 1 aromatic carbocycles. The van der Waals surface area contributed by atoms with Gasteiger partial charge in [0.2, 0.25) is 0 Å². The number of nitrogens with two attached hydrogens (primary N) is 1. The van der Waals surface area contributed by atoms with Gasteiger partial charge in [-0.15, -0.1) is 11.3 Å². The van der Waals surface area contributed by atoms with E-state index >= 15 is 0 Å². The second-order valence-corrected chi connectivity index (χ2v) is 8.10. The van der Waals surface area contributed by atoms with Crippen LogP contribution in [0.4, 0.5) is 11.4 Å². The quantitative estimate of drug-likeness (QED) is 0.616. The first-order valence-corrected chi connectivity index (χ1v) is 10.1. The highest BCUT2D eigenvalue weighted by molar-refractivity contribution is 7.21. The maximum atomic E-state index is 12.7. The lowest BCUT2D eigenvalue weighted by molar-refractivity contribution is 0.103. The van der Waals surface area contributed by atoms with Gasteiger partial charge in [-0.3, -0.25) is 4.79 Å². The van der Waals surface area contributed by atoms with E-state index in [9.17, 15) is 4.79 Å². The fraction of sp³-hybridized carbons (Fsp3) is 0.300. The molecule has 0 bridgehead atoms. The van der Waals surface area contributed by atoms with Gasteiger partial charge in [-0.25, -0.2) is 4.98 Å². The van der Waals surface area contributed by atoms with Gasteiger partial charge in [0.05, 0.1) is 5.69 Å². The van der Waals surface area contributed by atoms with Crippen LogP contribution in [0.5, 0.6) is 0 Å². The Balaban J connectivity index is 1.68. The number of nitrogens with zero attached hydrogens (tertiary/aromatic N) is 1. The zero-order chi connectivity index (χ0) is 18.1. The summed E-state index contributed by atoms with van der Waals surface area (Å²) in [6.07, 6.45) is 6.95. The van der Waals surface area contributed by atoms with Crippen molar-refractivity contribution >= 4 is 50.4 Å². The fourth-order valence-corrected chi connectivity index (χ4v) is 4.52. The molecule has 0 aliphatic heterocycles. The highest BCUT2D eigenvalue weighted by atomic mass is 35.5. The summed E-state index contributed by atoms with van der Waals surface area (Å²) in [5.74, 6) is -0.208. The number of pyridine rings is 1. The average molecular weight is 386 g/mol. The number of benzene rings is 1. The molecule has 1 aliphatic carbocycles. The molecular weight excluding hydrogens is 366 g/mol. The lowest BCUT2D eigenvalue weighted by Crippen LogP contribution is -2.11. The van der Waals surface area contributed by atoms with E-state index in [4.69, 9.17) is 22.3 Å². The number of aryl methyl sites for hydroxylation is 2. The van der Waals surface area contributed by atoms with Crippen molar-refractivity contribution in [2.24, 2.45) is 0 Å². The first-order chi connectivity index (χ1) is 12.6. The Morgan fingerprint density at radius 1 is 1.12 bits per heavy atom. The molecule has 2 heterocycles. The van der Waals surface area contributed by atoms with Crippen molar-refractivity contribution in [2.75, 3.05) is 11.1 Å². The Kier molecular flexibility index (Phi) is 4.83. The lowest BCUT2D eigenvalue weighted by Gasteiger charge is -2.12. The standard InChI is InChI=1S/C20H20ClN3OS/c21-13-7-9-14(10-8-13)23-19(25)18-17(22)15-11-12-5-3-1-2-4-6-16(12)24-20(15)26-18/h7-11H,1-6,22H2,(H,23,25). The van der Waals surface area contributed by atoms with Crippen molar-refractivity contribution in [3.8, 4) is 0 Å². The smallest absolute Gasteiger partial charge is 0.267 e. The zero-order valence-corrected chi connectivity index (χ0v) is 15.9. The van der Waals surface area contributed by atoms with Gasteiger partial charge in [-0.05, 0) is 61.6 Å². The summed E-state index contributed by atoms with van der Waals surface area (Å²) >= 11 is 7.26. The summed E-state index contributed by atoms with van der Waals surface area (Å²) in [4.78, 5) is 18.9. The maximum absolute atomic E-state index is 12.7. The molecule has 0 unspecified atom stereocenters. The molecule has 1 aliphatic rings. The SMILES string of the molecule is Nc1c(C(=O)Nc2ccc(Cl)cc2)sc2nc3c(cc12)CCCCCC3. The van der Waals surface area contributed by atoms with Gasteiger partial charge in [-0.1, -0.05) is 24.4 Å². The van der Waals surface area contributed by atoms with Gasteiger partial charge in [-0.2, -0.15) is 0 Å². The van der Waals surface area contributed by atoms with Crippen LogP contribution in [0.1, 0.15) is 46.6 Å². The predicted octanol–water partition coefficient (Wildman–Crippen LogP) is 5.44. The van der Waals surface area contributed by atoms with Gasteiger partial charge in [0, 0.05) is 21.8 Å². The number of hydrogen-bond donors (Lipinski definition) is 2. The van der Waals surface area contributed by atoms with Gasteiger partial charge in [0.25, 0.3) is 5.91 Å². The number of amides is 1. The number of nitrogens with one attached hydrogen (secondary N) is 1. The fourth-order valence-electron chi connectivity index (χ4n) is 3.40. The van der Waals surface area contributed by atoms with Crippen LogP contribution in [0, 0.1) is 0 Å². The zero-order valence-electron chi connectivity index (χ0n) is 14.3. The molecule has 26 heavy (non-hydrogen) atoms. The van der Waals surface area contributed by atoms with Gasteiger partial charge in [0.1, 0.15) is 9.71 Å². The van der Waals surface area contributed by atoms with E-state index in [0.29, 0.717) is 21.3 Å². The number of thiophene rings is 1. The van der Waals surface area contributed by atoms with E-state index in [-0.39, 0.29) is 5.91 Å². The number of halogens is 1. The van der Waals surface area contributed by atoms with Crippen molar-refractivity contribution in [1.29, 1.82) is 0 Å². The number of carbonyl (C=O) groups is 1. The van der Waals surface area contributed by atoms with Gasteiger partial charge in [0.15, 0.2) is 0 Å². The molecule has 4 nitrogen and oxygen atoms in total. The second-order valence-electron chi connectivity index (χ2n) is 6.67. The van der Waals surface area contributed by atoms with Crippen molar-refractivity contribution in [3.05, 3.63) is 51.5 Å². The number of carbonyl (C=O) groups excluding carboxylic acids is 1. The van der Waals surface area contributed by atoms with Crippen LogP contribution in [-0.2, 0) is 12.8 Å². The Morgan fingerprint density at radius 3 is 2.62 bits per heavy atom. The minimum absolute atomic E-state index is 0.208. The molecule has 1 amide bonds. The molecule has 0 radical (unpaired) electrons. The molecule has 3 aromatic rings. The van der Waals surface area contributed by atoms with Crippen LogP contribution in [0.3, 0.4) is 0 Å². The molecule has 0 saturated carbocycles. The predicted molar refractivity (Wildman–Crippen MR) is 109 cm³/mol. The maximum Gasteiger partial charge on any atom is 0.267 e. The van der Waals surface area contributed by atoms with E-state index in [2.05, 4.69) is 11.4 Å². The van der Waals surface area contributed by atoms with Gasteiger partial charge < -0.3 is 11.1 Å². The molecule has 3 N–H and O–H groups in total. The van der Waals surface area contributed by atoms with E-state index in [1.165, 1.54) is 48.3 Å². The van der Waals surface area contributed by atoms with Gasteiger partial charge >= 0.3 is 0 Å². The second kappa shape index (κ2) is 7.25. The molecule has 0 fully saturated rings. The first kappa shape index (κ1) is 17.3. The van der Waals surface area contributed by atoms with E-state index < -0.39 is 0 Å². The lowest BCUT2D eigenvalue weighted by atomic mass is 9.96. The molecule has 134 valence electrons. The highest BCUT2D eigenvalue weighted by Gasteiger charge is 2.20. The third-order valence-corrected chi connectivity index (χ3v) is 6.17. The number of hydrogen-bond acceptors (Lipinski definition) is 4. The number of fused-ring (bicyclic) bond motifs is 2. The van der Waals surface area contributed by atoms with Crippen LogP contribution in [0.2, 0.25) is 5.02 Å². The molecule has 0 atom stereocenters. The number of anilines is 2. The monoisotopic (exact) mass is 385 g/mol. The van der Waals surface area contributed by atoms with Crippen molar-refractivity contribution in [2.45, 2.75) is 38.5 Å². The van der Waals surface area contributed by atoms with Crippen LogP contribution in [0.15, 0.2) is 30.3 Å². The van der Waals surface area contributed by atoms with E-state index in [1.54, 1.807) is 24.3 Å².